The Hall–Kier alpha value is -4.25. The second-order valence-electron chi connectivity index (χ2n) is 9.51. The van der Waals surface area contributed by atoms with Crippen LogP contribution in [0.5, 0.6) is 23.0 Å². The van der Waals surface area contributed by atoms with Crippen molar-refractivity contribution in [2.45, 2.75) is 38.4 Å². The van der Waals surface area contributed by atoms with Gasteiger partial charge in [-0.05, 0) is 54.3 Å². The summed E-state index contributed by atoms with van der Waals surface area (Å²) >= 11 is 0. The molecule has 5 heteroatoms. The minimum atomic E-state index is -0.894. The highest BCUT2D eigenvalue weighted by molar-refractivity contribution is 5.99. The molecule has 2 heterocycles. The first kappa shape index (κ1) is 23.2. The molecule has 0 N–H and O–H groups in total. The van der Waals surface area contributed by atoms with Crippen molar-refractivity contribution in [3.63, 3.8) is 0 Å². The summed E-state index contributed by atoms with van der Waals surface area (Å²) in [6.45, 7) is 3.87. The Morgan fingerprint density at radius 3 is 2.49 bits per heavy atom. The molecule has 2 atom stereocenters. The van der Waals surface area contributed by atoms with E-state index in [1.54, 1.807) is 14.0 Å². The zero-order valence-corrected chi connectivity index (χ0v) is 21.1. The van der Waals surface area contributed by atoms with E-state index in [9.17, 15) is 4.79 Å². The fraction of sp³-hybridized carbons (Fsp3) is 0.219. The number of rotatable bonds is 5. The molecule has 0 spiro atoms. The van der Waals surface area contributed by atoms with Crippen LogP contribution in [0.25, 0.3) is 16.8 Å². The SMILES string of the molecule is CCC(=O)Oc1cc2c(c3ccccc13)C=CC(c1ccc(OC)cc1)(c1ccc3c(c1)CC(C)O3)O2. The summed E-state index contributed by atoms with van der Waals surface area (Å²) in [5.74, 6) is 2.55. The number of esters is 1. The lowest BCUT2D eigenvalue weighted by atomic mass is 9.82. The molecular weight excluding hydrogens is 464 g/mol. The third-order valence-electron chi connectivity index (χ3n) is 7.12. The largest absolute Gasteiger partial charge is 0.497 e. The first-order chi connectivity index (χ1) is 18.0. The van der Waals surface area contributed by atoms with E-state index in [2.05, 4.69) is 31.2 Å². The van der Waals surface area contributed by atoms with Gasteiger partial charge in [0, 0.05) is 41.0 Å². The molecule has 37 heavy (non-hydrogen) atoms. The average Bonchev–Trinajstić information content (AvgIpc) is 3.32. The van der Waals surface area contributed by atoms with Crippen LogP contribution < -0.4 is 18.9 Å². The molecule has 2 aliphatic rings. The third-order valence-corrected chi connectivity index (χ3v) is 7.12. The Morgan fingerprint density at radius 1 is 0.973 bits per heavy atom. The predicted octanol–water partition coefficient (Wildman–Crippen LogP) is 6.84. The van der Waals surface area contributed by atoms with Crippen molar-refractivity contribution in [2.24, 2.45) is 0 Å². The van der Waals surface area contributed by atoms with Gasteiger partial charge in [0.1, 0.15) is 29.1 Å². The molecule has 5 nitrogen and oxygen atoms in total. The highest BCUT2D eigenvalue weighted by Gasteiger charge is 2.39. The van der Waals surface area contributed by atoms with Crippen molar-refractivity contribution in [2.75, 3.05) is 7.11 Å². The van der Waals surface area contributed by atoms with Gasteiger partial charge >= 0.3 is 5.97 Å². The number of carbonyl (C=O) groups is 1. The summed E-state index contributed by atoms with van der Waals surface area (Å²) in [5, 5.41) is 1.84. The van der Waals surface area contributed by atoms with Gasteiger partial charge in [0.05, 0.1) is 7.11 Å². The number of hydrogen-bond donors (Lipinski definition) is 0. The van der Waals surface area contributed by atoms with Gasteiger partial charge in [-0.25, -0.2) is 0 Å². The van der Waals surface area contributed by atoms with Crippen LogP contribution in [0.4, 0.5) is 0 Å². The van der Waals surface area contributed by atoms with Gasteiger partial charge in [0.25, 0.3) is 0 Å². The van der Waals surface area contributed by atoms with Gasteiger partial charge in [-0.3, -0.25) is 4.79 Å². The lowest BCUT2D eigenvalue weighted by Gasteiger charge is -2.37. The summed E-state index contributed by atoms with van der Waals surface area (Å²) in [4.78, 5) is 12.3. The van der Waals surface area contributed by atoms with Crippen LogP contribution in [0.2, 0.25) is 0 Å². The van der Waals surface area contributed by atoms with Gasteiger partial charge in [0.2, 0.25) is 0 Å². The maximum Gasteiger partial charge on any atom is 0.310 e. The Morgan fingerprint density at radius 2 is 1.73 bits per heavy atom. The smallest absolute Gasteiger partial charge is 0.310 e. The highest BCUT2D eigenvalue weighted by atomic mass is 16.5. The van der Waals surface area contributed by atoms with E-state index < -0.39 is 5.60 Å². The summed E-state index contributed by atoms with van der Waals surface area (Å²) in [5.41, 5.74) is 3.18. The number of hydrogen-bond acceptors (Lipinski definition) is 5. The summed E-state index contributed by atoms with van der Waals surface area (Å²) in [6.07, 6.45) is 5.51. The number of methoxy groups -OCH3 is 1. The maximum atomic E-state index is 12.3. The van der Waals surface area contributed by atoms with E-state index in [1.807, 2.05) is 60.7 Å². The van der Waals surface area contributed by atoms with Crippen LogP contribution in [0.1, 0.15) is 42.5 Å². The van der Waals surface area contributed by atoms with Crippen molar-refractivity contribution in [1.29, 1.82) is 0 Å². The maximum absolute atomic E-state index is 12.3. The normalized spacial score (nSPS) is 19.5. The lowest BCUT2D eigenvalue weighted by molar-refractivity contribution is -0.133. The Labute approximate surface area is 216 Å². The quantitative estimate of drug-likeness (QED) is 0.226. The van der Waals surface area contributed by atoms with E-state index in [1.165, 1.54) is 0 Å². The monoisotopic (exact) mass is 492 g/mol. The average molecular weight is 493 g/mol. The molecule has 186 valence electrons. The van der Waals surface area contributed by atoms with Crippen LogP contribution in [-0.2, 0) is 16.8 Å². The zero-order chi connectivity index (χ0) is 25.6. The fourth-order valence-electron chi connectivity index (χ4n) is 5.25. The molecular formula is C32H28O5. The highest BCUT2D eigenvalue weighted by Crippen LogP contribution is 2.47. The van der Waals surface area contributed by atoms with Crippen molar-refractivity contribution < 1.29 is 23.7 Å². The van der Waals surface area contributed by atoms with Crippen LogP contribution in [0, 0.1) is 0 Å². The molecule has 0 bridgehead atoms. The van der Waals surface area contributed by atoms with E-state index in [0.717, 1.165) is 50.9 Å². The van der Waals surface area contributed by atoms with Crippen LogP contribution in [0.3, 0.4) is 0 Å². The molecule has 0 saturated carbocycles. The molecule has 0 amide bonds. The topological polar surface area (TPSA) is 54.0 Å². The van der Waals surface area contributed by atoms with Crippen LogP contribution in [-0.4, -0.2) is 19.2 Å². The molecule has 6 rings (SSSR count). The lowest BCUT2D eigenvalue weighted by Crippen LogP contribution is -2.34. The molecule has 4 aromatic carbocycles. The van der Waals surface area contributed by atoms with Crippen molar-refractivity contribution >= 4 is 22.8 Å². The third kappa shape index (κ3) is 3.91. The molecule has 0 radical (unpaired) electrons. The number of ether oxygens (including phenoxy) is 4. The Bertz CT molecular complexity index is 1540. The molecule has 0 aromatic heterocycles. The fourth-order valence-corrected chi connectivity index (χ4v) is 5.25. The summed E-state index contributed by atoms with van der Waals surface area (Å²) in [6, 6.07) is 24.0. The molecule has 2 aliphatic heterocycles. The van der Waals surface area contributed by atoms with E-state index in [0.29, 0.717) is 11.5 Å². The minimum absolute atomic E-state index is 0.146. The second kappa shape index (κ2) is 9.00. The van der Waals surface area contributed by atoms with Crippen molar-refractivity contribution in [3.8, 4) is 23.0 Å². The second-order valence-corrected chi connectivity index (χ2v) is 9.51. The molecule has 4 aromatic rings. The standard InChI is InChI=1S/C32H28O5/c1-4-31(33)36-29-19-30-27(25-7-5-6-8-26(25)29)15-16-32(37-30,22-9-12-24(34-3)13-10-22)23-11-14-28-21(18-23)17-20(2)35-28/h5-16,18-20H,4,17H2,1-3H3. The first-order valence-electron chi connectivity index (χ1n) is 12.6. The Kier molecular flexibility index (Phi) is 5.64. The molecule has 0 fully saturated rings. The summed E-state index contributed by atoms with van der Waals surface area (Å²) in [7, 11) is 1.66. The Balaban J connectivity index is 1.54. The minimum Gasteiger partial charge on any atom is -0.497 e. The first-order valence-corrected chi connectivity index (χ1v) is 12.6. The number of fused-ring (bicyclic) bond motifs is 4. The zero-order valence-electron chi connectivity index (χ0n) is 21.1. The van der Waals surface area contributed by atoms with E-state index in [4.69, 9.17) is 18.9 Å². The van der Waals surface area contributed by atoms with E-state index >= 15 is 0 Å². The van der Waals surface area contributed by atoms with Gasteiger partial charge in [-0.15, -0.1) is 0 Å². The summed E-state index contributed by atoms with van der Waals surface area (Å²) < 4.78 is 24.1. The van der Waals surface area contributed by atoms with E-state index in [-0.39, 0.29) is 18.5 Å². The number of carbonyl (C=O) groups excluding carboxylic acids is 1. The van der Waals surface area contributed by atoms with Crippen molar-refractivity contribution in [1.82, 2.24) is 0 Å². The van der Waals surface area contributed by atoms with Crippen LogP contribution in [0.15, 0.2) is 78.9 Å². The molecule has 2 unspecified atom stereocenters. The predicted molar refractivity (Wildman–Crippen MR) is 144 cm³/mol. The molecule has 0 saturated heterocycles. The van der Waals surface area contributed by atoms with Gasteiger partial charge < -0.3 is 18.9 Å². The molecule has 0 aliphatic carbocycles. The van der Waals surface area contributed by atoms with Crippen LogP contribution >= 0.6 is 0 Å². The van der Waals surface area contributed by atoms with Gasteiger partial charge in [0.15, 0.2) is 5.60 Å². The van der Waals surface area contributed by atoms with Gasteiger partial charge in [-0.2, -0.15) is 0 Å². The van der Waals surface area contributed by atoms with Crippen molar-refractivity contribution in [3.05, 3.63) is 101 Å². The number of benzene rings is 4. The van der Waals surface area contributed by atoms with Gasteiger partial charge in [-0.1, -0.05) is 49.4 Å².